The second-order valence-corrected chi connectivity index (χ2v) is 3.00. The maximum Gasteiger partial charge on any atom is 0.292 e. The molecule has 0 spiro atoms. The molecule has 5 heteroatoms. The zero-order valence-corrected chi connectivity index (χ0v) is 7.81. The first kappa shape index (κ1) is 9.26. The molecule has 0 aliphatic heterocycles. The van der Waals surface area contributed by atoms with Gasteiger partial charge in [-0.15, -0.1) is 0 Å². The maximum atomic E-state index is 10.7. The fraction of sp³-hybridized carbons (Fsp3) is 0. The van der Waals surface area contributed by atoms with Crippen LogP contribution in [0.4, 0.5) is 17.1 Å². The molecule has 0 fully saturated rings. The van der Waals surface area contributed by atoms with Gasteiger partial charge in [-0.1, -0.05) is 12.1 Å². The van der Waals surface area contributed by atoms with E-state index in [9.17, 15) is 10.1 Å². The SMILES string of the molecule is O=[N+]([O-])c1ccccc1Nc1cc[nH]c1. The van der Waals surface area contributed by atoms with Gasteiger partial charge < -0.3 is 10.3 Å². The number of hydrogen-bond acceptors (Lipinski definition) is 3. The molecular formula is C10H9N3O2. The maximum absolute atomic E-state index is 10.7. The van der Waals surface area contributed by atoms with Crippen LogP contribution in [0.3, 0.4) is 0 Å². The monoisotopic (exact) mass is 203 g/mol. The van der Waals surface area contributed by atoms with Crippen molar-refractivity contribution in [2.24, 2.45) is 0 Å². The Balaban J connectivity index is 2.32. The number of H-pyrrole nitrogens is 1. The first-order valence-electron chi connectivity index (χ1n) is 4.40. The van der Waals surface area contributed by atoms with Crippen LogP contribution in [0.25, 0.3) is 0 Å². The van der Waals surface area contributed by atoms with Gasteiger partial charge in [0.2, 0.25) is 0 Å². The van der Waals surface area contributed by atoms with Gasteiger partial charge in [0.1, 0.15) is 5.69 Å². The number of hydrogen-bond donors (Lipinski definition) is 2. The van der Waals surface area contributed by atoms with Crippen LogP contribution in [-0.2, 0) is 0 Å². The van der Waals surface area contributed by atoms with Crippen LogP contribution in [-0.4, -0.2) is 9.91 Å². The zero-order valence-electron chi connectivity index (χ0n) is 7.81. The standard InChI is InChI=1S/C10H9N3O2/c14-13(15)10-4-2-1-3-9(10)12-8-5-6-11-7-8/h1-7,11-12H. The van der Waals surface area contributed by atoms with Crippen LogP contribution in [0, 0.1) is 10.1 Å². The molecule has 5 nitrogen and oxygen atoms in total. The summed E-state index contributed by atoms with van der Waals surface area (Å²) in [7, 11) is 0. The van der Waals surface area contributed by atoms with Gasteiger partial charge in [0.05, 0.1) is 10.6 Å². The predicted octanol–water partition coefficient (Wildman–Crippen LogP) is 2.67. The van der Waals surface area contributed by atoms with Crippen LogP contribution in [0.5, 0.6) is 0 Å². The molecule has 0 saturated heterocycles. The largest absolute Gasteiger partial charge is 0.366 e. The van der Waals surface area contributed by atoms with Crippen molar-refractivity contribution < 1.29 is 4.92 Å². The lowest BCUT2D eigenvalue weighted by Gasteiger charge is -2.03. The first-order valence-corrected chi connectivity index (χ1v) is 4.40. The minimum atomic E-state index is -0.408. The molecule has 1 aromatic carbocycles. The Labute approximate surface area is 85.9 Å². The number of nitro benzene ring substituents is 1. The summed E-state index contributed by atoms with van der Waals surface area (Å²) in [6.07, 6.45) is 3.48. The Morgan fingerprint density at radius 2 is 2.07 bits per heavy atom. The summed E-state index contributed by atoms with van der Waals surface area (Å²) in [5.74, 6) is 0. The Bertz CT molecular complexity index is 465. The van der Waals surface area contributed by atoms with E-state index in [-0.39, 0.29) is 5.69 Å². The molecule has 1 aromatic heterocycles. The van der Waals surface area contributed by atoms with Gasteiger partial charge in [0, 0.05) is 18.5 Å². The second kappa shape index (κ2) is 3.83. The van der Waals surface area contributed by atoms with E-state index in [0.717, 1.165) is 5.69 Å². The molecule has 1 heterocycles. The van der Waals surface area contributed by atoms with Crippen LogP contribution >= 0.6 is 0 Å². The minimum Gasteiger partial charge on any atom is -0.366 e. The number of aromatic nitrogens is 1. The highest BCUT2D eigenvalue weighted by Crippen LogP contribution is 2.26. The molecular weight excluding hydrogens is 194 g/mol. The smallest absolute Gasteiger partial charge is 0.292 e. The molecule has 0 aliphatic carbocycles. The number of nitrogens with zero attached hydrogens (tertiary/aromatic N) is 1. The first-order chi connectivity index (χ1) is 7.27. The van der Waals surface area contributed by atoms with Crippen molar-refractivity contribution in [1.82, 2.24) is 4.98 Å². The van der Waals surface area contributed by atoms with E-state index in [0.29, 0.717) is 5.69 Å². The van der Waals surface area contributed by atoms with Crippen molar-refractivity contribution in [1.29, 1.82) is 0 Å². The third-order valence-electron chi connectivity index (χ3n) is 1.98. The highest BCUT2D eigenvalue weighted by Gasteiger charge is 2.11. The highest BCUT2D eigenvalue weighted by atomic mass is 16.6. The van der Waals surface area contributed by atoms with Gasteiger partial charge in [-0.25, -0.2) is 0 Å². The average molecular weight is 203 g/mol. The second-order valence-electron chi connectivity index (χ2n) is 3.00. The van der Waals surface area contributed by atoms with Crippen LogP contribution in [0.15, 0.2) is 42.7 Å². The van der Waals surface area contributed by atoms with Gasteiger partial charge >= 0.3 is 0 Å². The van der Waals surface area contributed by atoms with E-state index in [2.05, 4.69) is 10.3 Å². The third-order valence-corrected chi connectivity index (χ3v) is 1.98. The predicted molar refractivity (Wildman–Crippen MR) is 57.2 cm³/mol. The number of nitro groups is 1. The molecule has 0 unspecified atom stereocenters. The summed E-state index contributed by atoms with van der Waals surface area (Å²) < 4.78 is 0. The summed E-state index contributed by atoms with van der Waals surface area (Å²) in [6, 6.07) is 8.33. The van der Waals surface area contributed by atoms with Crippen molar-refractivity contribution in [3.8, 4) is 0 Å². The molecule has 0 amide bonds. The summed E-state index contributed by atoms with van der Waals surface area (Å²) in [6.45, 7) is 0. The number of para-hydroxylation sites is 2. The van der Waals surface area contributed by atoms with E-state index in [1.807, 2.05) is 0 Å². The van der Waals surface area contributed by atoms with Gasteiger partial charge in [-0.3, -0.25) is 10.1 Å². The van der Waals surface area contributed by atoms with Crippen LogP contribution in [0.1, 0.15) is 0 Å². The van der Waals surface area contributed by atoms with Crippen molar-refractivity contribution >= 4 is 17.1 Å². The number of anilines is 2. The molecule has 0 aliphatic rings. The Hall–Kier alpha value is -2.30. The quantitative estimate of drug-likeness (QED) is 0.595. The molecule has 2 N–H and O–H groups in total. The third kappa shape index (κ3) is 1.96. The fourth-order valence-corrected chi connectivity index (χ4v) is 1.30. The van der Waals surface area contributed by atoms with Gasteiger partial charge in [0.15, 0.2) is 0 Å². The van der Waals surface area contributed by atoms with Gasteiger partial charge in [-0.05, 0) is 12.1 Å². The lowest BCUT2D eigenvalue weighted by atomic mass is 10.2. The lowest BCUT2D eigenvalue weighted by Crippen LogP contribution is -1.95. The molecule has 76 valence electrons. The van der Waals surface area contributed by atoms with Crippen molar-refractivity contribution in [3.05, 3.63) is 52.8 Å². The number of rotatable bonds is 3. The summed E-state index contributed by atoms with van der Waals surface area (Å²) in [5, 5.41) is 13.7. The zero-order chi connectivity index (χ0) is 10.7. The lowest BCUT2D eigenvalue weighted by molar-refractivity contribution is -0.383. The molecule has 2 aromatic rings. The minimum absolute atomic E-state index is 0.0682. The van der Waals surface area contributed by atoms with Gasteiger partial charge in [-0.2, -0.15) is 0 Å². The average Bonchev–Trinajstić information content (AvgIpc) is 2.71. The molecule has 0 saturated carbocycles. The van der Waals surface area contributed by atoms with Crippen molar-refractivity contribution in [2.75, 3.05) is 5.32 Å². The van der Waals surface area contributed by atoms with E-state index in [4.69, 9.17) is 0 Å². The number of nitrogens with one attached hydrogen (secondary N) is 2. The normalized spacial score (nSPS) is 9.87. The van der Waals surface area contributed by atoms with Gasteiger partial charge in [0.25, 0.3) is 5.69 Å². The molecule has 15 heavy (non-hydrogen) atoms. The summed E-state index contributed by atoms with van der Waals surface area (Å²) >= 11 is 0. The van der Waals surface area contributed by atoms with Crippen LogP contribution in [0.2, 0.25) is 0 Å². The summed E-state index contributed by atoms with van der Waals surface area (Å²) in [5.41, 5.74) is 1.35. The summed E-state index contributed by atoms with van der Waals surface area (Å²) in [4.78, 5) is 13.2. The Morgan fingerprint density at radius 1 is 1.27 bits per heavy atom. The van der Waals surface area contributed by atoms with Crippen LogP contribution < -0.4 is 5.32 Å². The molecule has 0 atom stereocenters. The van der Waals surface area contributed by atoms with Crippen molar-refractivity contribution in [2.45, 2.75) is 0 Å². The van der Waals surface area contributed by atoms with E-state index < -0.39 is 4.92 Å². The fourth-order valence-electron chi connectivity index (χ4n) is 1.30. The molecule has 2 rings (SSSR count). The highest BCUT2D eigenvalue weighted by molar-refractivity contribution is 5.68. The topological polar surface area (TPSA) is 71.0 Å². The molecule has 0 radical (unpaired) electrons. The van der Waals surface area contributed by atoms with E-state index in [1.165, 1.54) is 6.07 Å². The van der Waals surface area contributed by atoms with Crippen molar-refractivity contribution in [3.63, 3.8) is 0 Å². The van der Waals surface area contributed by atoms with E-state index in [1.54, 1.807) is 36.7 Å². The van der Waals surface area contributed by atoms with E-state index >= 15 is 0 Å². The Kier molecular flexibility index (Phi) is 2.37. The number of benzene rings is 1. The molecule has 0 bridgehead atoms. The Morgan fingerprint density at radius 3 is 2.73 bits per heavy atom. The number of aromatic amines is 1.